The lowest BCUT2D eigenvalue weighted by atomic mass is 10.1. The van der Waals surface area contributed by atoms with Gasteiger partial charge in [0.05, 0.1) is 5.69 Å². The Morgan fingerprint density at radius 2 is 2.17 bits per heavy atom. The highest BCUT2D eigenvalue weighted by Crippen LogP contribution is 2.26. The van der Waals surface area contributed by atoms with Crippen LogP contribution in [-0.4, -0.2) is 32.3 Å². The van der Waals surface area contributed by atoms with E-state index in [1.54, 1.807) is 6.26 Å². The molecule has 0 aliphatic carbocycles. The molecule has 5 heteroatoms. The molecule has 2 heterocycles. The van der Waals surface area contributed by atoms with Crippen molar-refractivity contribution >= 4 is 10.8 Å². The lowest BCUT2D eigenvalue weighted by Gasteiger charge is -2.22. The molecule has 1 aromatic heterocycles. The van der Waals surface area contributed by atoms with Crippen molar-refractivity contribution in [3.63, 3.8) is 0 Å². The minimum atomic E-state index is -0.767. The third-order valence-corrected chi connectivity index (χ3v) is 4.34. The van der Waals surface area contributed by atoms with E-state index in [1.165, 1.54) is 11.4 Å². The highest BCUT2D eigenvalue weighted by Gasteiger charge is 2.24. The van der Waals surface area contributed by atoms with Gasteiger partial charge in [-0.25, -0.2) is 4.98 Å². The number of hydrogen-bond acceptors (Lipinski definition) is 3. The molecule has 1 aliphatic rings. The summed E-state index contributed by atoms with van der Waals surface area (Å²) >= 11 is 0. The number of nitrogens with one attached hydrogen (secondary N) is 1. The van der Waals surface area contributed by atoms with Crippen molar-refractivity contribution in [1.29, 1.82) is 0 Å². The first-order valence-electron chi connectivity index (χ1n) is 6.61. The predicted octanol–water partition coefficient (Wildman–Crippen LogP) is 1.59. The smallest absolute Gasteiger partial charge is 0.112 e. The lowest BCUT2D eigenvalue weighted by molar-refractivity contribution is 0.517. The maximum absolute atomic E-state index is 11.5. The summed E-state index contributed by atoms with van der Waals surface area (Å²) in [6.45, 7) is 8.38. The van der Waals surface area contributed by atoms with Gasteiger partial charge >= 0.3 is 0 Å². The molecule has 1 aliphatic heterocycles. The lowest BCUT2D eigenvalue weighted by Crippen LogP contribution is -2.26. The normalized spacial score (nSPS) is 18.7. The van der Waals surface area contributed by atoms with Crippen molar-refractivity contribution in [2.45, 2.75) is 45.7 Å². The number of nitrogens with zero attached hydrogens (tertiary/aromatic N) is 2. The molecule has 0 bridgehead atoms. The number of fused-ring (bicyclic) bond motifs is 1. The summed E-state index contributed by atoms with van der Waals surface area (Å²) in [5.41, 5.74) is 2.52. The maximum atomic E-state index is 11.5. The van der Waals surface area contributed by atoms with Crippen LogP contribution in [0.4, 0.5) is 0 Å². The second kappa shape index (κ2) is 5.53. The van der Waals surface area contributed by atoms with E-state index in [0.717, 1.165) is 25.3 Å². The van der Waals surface area contributed by atoms with Gasteiger partial charge in [-0.3, -0.25) is 4.21 Å². The fourth-order valence-corrected chi connectivity index (χ4v) is 3.50. The molecule has 4 nitrogen and oxygen atoms in total. The van der Waals surface area contributed by atoms with Gasteiger partial charge in [0.2, 0.25) is 0 Å². The van der Waals surface area contributed by atoms with Gasteiger partial charge in [-0.15, -0.1) is 0 Å². The molecule has 0 saturated carbocycles. The van der Waals surface area contributed by atoms with Crippen LogP contribution in [0.5, 0.6) is 0 Å². The molecule has 2 unspecified atom stereocenters. The Bertz CT molecular complexity index is 453. The van der Waals surface area contributed by atoms with Crippen molar-refractivity contribution in [3.8, 4) is 0 Å². The third-order valence-electron chi connectivity index (χ3n) is 3.38. The van der Waals surface area contributed by atoms with Gasteiger partial charge in [0, 0.05) is 60.0 Å². The van der Waals surface area contributed by atoms with Gasteiger partial charge in [-0.05, 0) is 6.92 Å². The number of imidazole rings is 1. The summed E-state index contributed by atoms with van der Waals surface area (Å²) in [7, 11) is -0.767. The van der Waals surface area contributed by atoms with Gasteiger partial charge in [0.25, 0.3) is 0 Å². The largest absolute Gasteiger partial charge is 0.328 e. The first-order chi connectivity index (χ1) is 8.50. The van der Waals surface area contributed by atoms with Crippen molar-refractivity contribution in [2.75, 3.05) is 18.6 Å². The standard InChI is InChI=1S/C13H23N3OS/c1-9(2)13-15-11-7-14-6-5-12(11)16(13)10(3)8-18(4)17/h9-10,14H,5-8H2,1-4H3. The molecule has 1 N–H and O–H groups in total. The number of aromatic nitrogens is 2. The van der Waals surface area contributed by atoms with Gasteiger partial charge in [0.1, 0.15) is 5.82 Å². The second-order valence-corrected chi connectivity index (χ2v) is 6.88. The SMILES string of the molecule is CC(C)c1nc2c(n1C(C)CS(C)=O)CCNC2. The van der Waals surface area contributed by atoms with Crippen molar-refractivity contribution in [1.82, 2.24) is 14.9 Å². The van der Waals surface area contributed by atoms with Crippen molar-refractivity contribution in [2.24, 2.45) is 0 Å². The Labute approximate surface area is 112 Å². The third kappa shape index (κ3) is 2.67. The van der Waals surface area contributed by atoms with Gasteiger partial charge in [-0.2, -0.15) is 0 Å². The second-order valence-electron chi connectivity index (χ2n) is 5.40. The minimum absolute atomic E-state index is 0.266. The molecule has 18 heavy (non-hydrogen) atoms. The zero-order valence-corrected chi connectivity index (χ0v) is 12.5. The molecule has 0 saturated heterocycles. The molecular formula is C13H23N3OS. The molecule has 0 fully saturated rings. The molecule has 0 aromatic carbocycles. The fourth-order valence-electron chi connectivity index (χ4n) is 2.67. The fraction of sp³-hybridized carbons (Fsp3) is 0.769. The molecular weight excluding hydrogens is 246 g/mol. The van der Waals surface area contributed by atoms with Crippen LogP contribution in [0.1, 0.15) is 49.9 Å². The van der Waals surface area contributed by atoms with Gasteiger partial charge in [-0.1, -0.05) is 13.8 Å². The zero-order valence-electron chi connectivity index (χ0n) is 11.7. The molecule has 102 valence electrons. The Morgan fingerprint density at radius 1 is 1.44 bits per heavy atom. The van der Waals surface area contributed by atoms with Crippen LogP contribution in [0.25, 0.3) is 0 Å². The van der Waals surface area contributed by atoms with E-state index in [-0.39, 0.29) is 6.04 Å². The summed E-state index contributed by atoms with van der Waals surface area (Å²) in [6, 6.07) is 0.266. The van der Waals surface area contributed by atoms with E-state index in [0.29, 0.717) is 11.7 Å². The zero-order chi connectivity index (χ0) is 13.3. The van der Waals surface area contributed by atoms with Crippen molar-refractivity contribution in [3.05, 3.63) is 17.2 Å². The average molecular weight is 269 g/mol. The van der Waals surface area contributed by atoms with Crippen LogP contribution in [-0.2, 0) is 23.8 Å². The monoisotopic (exact) mass is 269 g/mol. The highest BCUT2D eigenvalue weighted by atomic mass is 32.2. The van der Waals surface area contributed by atoms with Crippen LogP contribution in [0, 0.1) is 0 Å². The molecule has 0 spiro atoms. The summed E-state index contributed by atoms with van der Waals surface area (Å²) in [5, 5.41) is 3.36. The van der Waals surface area contributed by atoms with Crippen LogP contribution in [0.2, 0.25) is 0 Å². The first kappa shape index (κ1) is 13.7. The average Bonchev–Trinajstić information content (AvgIpc) is 2.67. The van der Waals surface area contributed by atoms with E-state index >= 15 is 0 Å². The van der Waals surface area contributed by atoms with Crippen LogP contribution >= 0.6 is 0 Å². The first-order valence-corrected chi connectivity index (χ1v) is 8.34. The van der Waals surface area contributed by atoms with Crippen molar-refractivity contribution < 1.29 is 4.21 Å². The highest BCUT2D eigenvalue weighted by molar-refractivity contribution is 7.84. The van der Waals surface area contributed by atoms with Crippen LogP contribution < -0.4 is 5.32 Å². The van der Waals surface area contributed by atoms with Crippen LogP contribution in [0.3, 0.4) is 0 Å². The van der Waals surface area contributed by atoms with E-state index in [9.17, 15) is 4.21 Å². The summed E-state index contributed by atoms with van der Waals surface area (Å²) in [5.74, 6) is 2.25. The molecule has 1 aromatic rings. The Hall–Kier alpha value is -0.680. The predicted molar refractivity (Wildman–Crippen MR) is 75.4 cm³/mol. The minimum Gasteiger partial charge on any atom is -0.328 e. The summed E-state index contributed by atoms with van der Waals surface area (Å²) < 4.78 is 13.8. The van der Waals surface area contributed by atoms with Crippen LogP contribution in [0.15, 0.2) is 0 Å². The van der Waals surface area contributed by atoms with Gasteiger partial charge in [0.15, 0.2) is 0 Å². The quantitative estimate of drug-likeness (QED) is 0.903. The van der Waals surface area contributed by atoms with E-state index in [1.807, 2.05) is 0 Å². The maximum Gasteiger partial charge on any atom is 0.112 e. The topological polar surface area (TPSA) is 46.9 Å². The number of hydrogen-bond donors (Lipinski definition) is 1. The molecule has 0 radical (unpaired) electrons. The Morgan fingerprint density at radius 3 is 2.78 bits per heavy atom. The summed E-state index contributed by atoms with van der Waals surface area (Å²) in [4.78, 5) is 4.78. The summed E-state index contributed by atoms with van der Waals surface area (Å²) in [6.07, 6.45) is 2.80. The Kier molecular flexibility index (Phi) is 4.22. The number of rotatable bonds is 4. The van der Waals surface area contributed by atoms with E-state index in [2.05, 4.69) is 30.7 Å². The Balaban J connectivity index is 2.41. The van der Waals surface area contributed by atoms with E-state index < -0.39 is 10.8 Å². The van der Waals surface area contributed by atoms with E-state index in [4.69, 9.17) is 4.98 Å². The molecule has 0 amide bonds. The molecule has 2 rings (SSSR count). The molecule has 2 atom stereocenters. The van der Waals surface area contributed by atoms with Gasteiger partial charge < -0.3 is 9.88 Å².